The van der Waals surface area contributed by atoms with Gasteiger partial charge < -0.3 is 15.2 Å². The molecule has 21 heavy (non-hydrogen) atoms. The first-order chi connectivity index (χ1) is 10.0. The van der Waals surface area contributed by atoms with Gasteiger partial charge in [0, 0.05) is 13.7 Å². The molecular formula is C16H24N2O3. The van der Waals surface area contributed by atoms with Crippen molar-refractivity contribution in [1.82, 2.24) is 4.90 Å². The molecule has 0 saturated carbocycles. The summed E-state index contributed by atoms with van der Waals surface area (Å²) in [6.07, 6.45) is 1.89. The molecule has 1 aliphatic heterocycles. The lowest BCUT2D eigenvalue weighted by Gasteiger charge is -2.41. The third kappa shape index (κ3) is 4.19. The monoisotopic (exact) mass is 292 g/mol. The van der Waals surface area contributed by atoms with E-state index in [1.54, 1.807) is 7.11 Å². The van der Waals surface area contributed by atoms with Gasteiger partial charge in [-0.2, -0.15) is 0 Å². The number of carbonyl (C=O) groups is 1. The number of nitrogens with zero attached hydrogens (tertiary/aromatic N) is 1. The van der Waals surface area contributed by atoms with Crippen molar-refractivity contribution in [3.63, 3.8) is 0 Å². The van der Waals surface area contributed by atoms with E-state index in [0.29, 0.717) is 13.2 Å². The van der Waals surface area contributed by atoms with Gasteiger partial charge in [0.1, 0.15) is 18.0 Å². The third-order valence-corrected chi connectivity index (χ3v) is 4.02. The second kappa shape index (κ2) is 6.91. The summed E-state index contributed by atoms with van der Waals surface area (Å²) in [5.41, 5.74) is 6.01. The van der Waals surface area contributed by atoms with Crippen LogP contribution in [0.4, 0.5) is 0 Å². The molecule has 0 unspecified atom stereocenters. The molecule has 1 heterocycles. The molecule has 1 aromatic carbocycles. The Kier molecular flexibility index (Phi) is 5.20. The largest absolute Gasteiger partial charge is 0.490 e. The van der Waals surface area contributed by atoms with E-state index in [0.717, 1.165) is 30.7 Å². The Bertz CT molecular complexity index is 492. The first-order valence-corrected chi connectivity index (χ1v) is 7.29. The zero-order valence-corrected chi connectivity index (χ0v) is 12.8. The summed E-state index contributed by atoms with van der Waals surface area (Å²) in [6.45, 7) is 4.31. The van der Waals surface area contributed by atoms with Crippen LogP contribution < -0.4 is 10.5 Å². The van der Waals surface area contributed by atoms with Gasteiger partial charge in [0.05, 0.1) is 6.54 Å². The molecule has 0 spiro atoms. The van der Waals surface area contributed by atoms with Crippen LogP contribution in [-0.2, 0) is 9.53 Å². The van der Waals surface area contributed by atoms with Gasteiger partial charge in [0.15, 0.2) is 0 Å². The van der Waals surface area contributed by atoms with E-state index in [4.69, 9.17) is 15.2 Å². The molecule has 1 aromatic rings. The van der Waals surface area contributed by atoms with Crippen LogP contribution in [0.3, 0.4) is 0 Å². The number of likely N-dealkylation sites (tertiary alicyclic amines) is 1. The second-order valence-electron chi connectivity index (χ2n) is 5.72. The maximum Gasteiger partial charge on any atom is 0.231 e. The van der Waals surface area contributed by atoms with E-state index >= 15 is 0 Å². The first kappa shape index (κ1) is 15.8. The number of amides is 1. The van der Waals surface area contributed by atoms with Crippen LogP contribution in [-0.4, -0.2) is 49.8 Å². The van der Waals surface area contributed by atoms with Crippen molar-refractivity contribution in [2.45, 2.75) is 25.4 Å². The Balaban J connectivity index is 2.00. The average molecular weight is 292 g/mol. The molecule has 1 aliphatic rings. The van der Waals surface area contributed by atoms with Crippen molar-refractivity contribution in [2.75, 3.05) is 33.4 Å². The number of rotatable bonds is 6. The maximum absolute atomic E-state index is 11.1. The Labute approximate surface area is 126 Å². The molecule has 2 N–H and O–H groups in total. The Morgan fingerprint density at radius 3 is 2.86 bits per heavy atom. The van der Waals surface area contributed by atoms with E-state index in [1.165, 1.54) is 0 Å². The lowest BCUT2D eigenvalue weighted by atomic mass is 9.93. The number of ether oxygens (including phenoxy) is 2. The van der Waals surface area contributed by atoms with E-state index in [-0.39, 0.29) is 18.1 Å². The van der Waals surface area contributed by atoms with Crippen molar-refractivity contribution >= 4 is 5.91 Å². The highest BCUT2D eigenvalue weighted by atomic mass is 16.5. The van der Waals surface area contributed by atoms with Crippen LogP contribution in [0.25, 0.3) is 0 Å². The topological polar surface area (TPSA) is 64.8 Å². The smallest absolute Gasteiger partial charge is 0.231 e. The molecular weight excluding hydrogens is 268 g/mol. The fourth-order valence-corrected chi connectivity index (χ4v) is 2.82. The summed E-state index contributed by atoms with van der Waals surface area (Å²) in [7, 11) is 1.70. The van der Waals surface area contributed by atoms with Gasteiger partial charge in [-0.3, -0.25) is 9.69 Å². The van der Waals surface area contributed by atoms with Gasteiger partial charge in [-0.05, 0) is 37.9 Å². The van der Waals surface area contributed by atoms with Crippen LogP contribution >= 0.6 is 0 Å². The van der Waals surface area contributed by atoms with Gasteiger partial charge in [0.2, 0.25) is 5.91 Å². The molecule has 0 radical (unpaired) electrons. The van der Waals surface area contributed by atoms with Gasteiger partial charge >= 0.3 is 0 Å². The molecule has 1 amide bonds. The average Bonchev–Trinajstić information content (AvgIpc) is 2.46. The number of para-hydroxylation sites is 1. The molecule has 1 atom stereocenters. The van der Waals surface area contributed by atoms with Crippen LogP contribution in [0.2, 0.25) is 0 Å². The Morgan fingerprint density at radius 1 is 1.43 bits per heavy atom. The number of hydrogen-bond donors (Lipinski definition) is 1. The first-order valence-electron chi connectivity index (χ1n) is 7.29. The van der Waals surface area contributed by atoms with Crippen LogP contribution in [0.1, 0.15) is 18.4 Å². The lowest BCUT2D eigenvalue weighted by molar-refractivity contribution is -0.123. The molecule has 5 heteroatoms. The van der Waals surface area contributed by atoms with Gasteiger partial charge in [-0.15, -0.1) is 0 Å². The predicted molar refractivity (Wildman–Crippen MR) is 81.3 cm³/mol. The molecule has 0 aromatic heterocycles. The lowest BCUT2D eigenvalue weighted by Crippen LogP contribution is -2.54. The number of piperidine rings is 1. The Morgan fingerprint density at radius 2 is 2.19 bits per heavy atom. The zero-order chi connectivity index (χ0) is 15.3. The van der Waals surface area contributed by atoms with Crippen LogP contribution in [0, 0.1) is 6.92 Å². The number of aryl methyl sites for hydroxylation is 1. The van der Waals surface area contributed by atoms with Gasteiger partial charge in [0.25, 0.3) is 0 Å². The standard InChI is InChI=1S/C16H24N2O3/c1-13-6-3-4-7-14(13)21-12-16(20-2)8-5-9-18(11-16)10-15(17)19/h3-4,6-7H,5,8-12H2,1-2H3,(H2,17,19)/t16-/m0/s1. The molecule has 0 bridgehead atoms. The van der Waals surface area contributed by atoms with Crippen molar-refractivity contribution in [2.24, 2.45) is 5.73 Å². The fourth-order valence-electron chi connectivity index (χ4n) is 2.82. The summed E-state index contributed by atoms with van der Waals surface area (Å²) in [6, 6.07) is 7.93. The van der Waals surface area contributed by atoms with E-state index < -0.39 is 0 Å². The quantitative estimate of drug-likeness (QED) is 0.859. The fraction of sp³-hybridized carbons (Fsp3) is 0.562. The summed E-state index contributed by atoms with van der Waals surface area (Å²) < 4.78 is 11.7. The number of nitrogens with two attached hydrogens (primary N) is 1. The number of hydrogen-bond acceptors (Lipinski definition) is 4. The molecule has 0 aliphatic carbocycles. The molecule has 2 rings (SSSR count). The van der Waals surface area contributed by atoms with E-state index in [9.17, 15) is 4.79 Å². The normalized spacial score (nSPS) is 23.0. The summed E-state index contributed by atoms with van der Waals surface area (Å²) in [5, 5.41) is 0. The van der Waals surface area contributed by atoms with Crippen LogP contribution in [0.15, 0.2) is 24.3 Å². The summed E-state index contributed by atoms with van der Waals surface area (Å²) >= 11 is 0. The minimum absolute atomic E-state index is 0.273. The SMILES string of the molecule is CO[C@@]1(COc2ccccc2C)CCCN(CC(N)=O)C1. The van der Waals surface area contributed by atoms with Crippen molar-refractivity contribution in [3.05, 3.63) is 29.8 Å². The van der Waals surface area contributed by atoms with Crippen molar-refractivity contribution in [1.29, 1.82) is 0 Å². The Hall–Kier alpha value is -1.59. The highest BCUT2D eigenvalue weighted by Gasteiger charge is 2.36. The maximum atomic E-state index is 11.1. The third-order valence-electron chi connectivity index (χ3n) is 4.02. The van der Waals surface area contributed by atoms with Crippen LogP contribution in [0.5, 0.6) is 5.75 Å². The highest BCUT2D eigenvalue weighted by Crippen LogP contribution is 2.26. The second-order valence-corrected chi connectivity index (χ2v) is 5.72. The summed E-state index contributed by atoms with van der Waals surface area (Å²) in [4.78, 5) is 13.1. The van der Waals surface area contributed by atoms with Gasteiger partial charge in [-0.1, -0.05) is 18.2 Å². The number of primary amides is 1. The highest BCUT2D eigenvalue weighted by molar-refractivity contribution is 5.75. The number of carbonyl (C=O) groups excluding carboxylic acids is 1. The molecule has 5 nitrogen and oxygen atoms in total. The summed E-state index contributed by atoms with van der Waals surface area (Å²) in [5.74, 6) is 0.572. The van der Waals surface area contributed by atoms with E-state index in [2.05, 4.69) is 0 Å². The van der Waals surface area contributed by atoms with Gasteiger partial charge in [-0.25, -0.2) is 0 Å². The molecule has 116 valence electrons. The minimum atomic E-state index is -0.379. The number of methoxy groups -OCH3 is 1. The predicted octanol–water partition coefficient (Wildman–Crippen LogP) is 1.34. The minimum Gasteiger partial charge on any atom is -0.490 e. The molecule has 1 saturated heterocycles. The van der Waals surface area contributed by atoms with E-state index in [1.807, 2.05) is 36.1 Å². The molecule has 1 fully saturated rings. The van der Waals surface area contributed by atoms with Crippen molar-refractivity contribution < 1.29 is 14.3 Å². The zero-order valence-electron chi connectivity index (χ0n) is 12.8. The van der Waals surface area contributed by atoms with Crippen molar-refractivity contribution in [3.8, 4) is 5.75 Å². The number of benzene rings is 1.